The van der Waals surface area contributed by atoms with Gasteiger partial charge in [-0.3, -0.25) is 56.8 Å². The second kappa shape index (κ2) is 61.1. The van der Waals surface area contributed by atoms with Crippen molar-refractivity contribution in [3.63, 3.8) is 0 Å². The van der Waals surface area contributed by atoms with Crippen LogP contribution in [0.4, 0.5) is 27.4 Å². The molecule has 16 N–H and O–H groups in total. The molecule has 7 saturated heterocycles. The van der Waals surface area contributed by atoms with E-state index in [9.17, 15) is 96.8 Å². The lowest BCUT2D eigenvalue weighted by atomic mass is 9.97. The Hall–Kier alpha value is -10.1. The molecule has 0 radical (unpaired) electrons. The first kappa shape index (κ1) is 118. The minimum absolute atomic E-state index is 0.00779. The van der Waals surface area contributed by atoms with Gasteiger partial charge in [0.15, 0.2) is 23.0 Å². The van der Waals surface area contributed by atoms with Gasteiger partial charge in [0.05, 0.1) is 87.0 Å². The van der Waals surface area contributed by atoms with Gasteiger partial charge in [0.2, 0.25) is 64.8 Å². The van der Waals surface area contributed by atoms with Gasteiger partial charge >= 0.3 is 18.0 Å². The summed E-state index contributed by atoms with van der Waals surface area (Å²) in [5, 5.41) is 46.7. The number of unbranched alkanes of at least 4 members (excludes halogenated alkanes) is 9. The van der Waals surface area contributed by atoms with Crippen LogP contribution in [0.5, 0.6) is 34.5 Å². The average molecular weight is 2150 g/mol. The number of rotatable bonds is 69. The number of thioether (sulfide) groups is 2. The van der Waals surface area contributed by atoms with E-state index in [0.717, 1.165) is 50.0 Å². The molecule has 3 aromatic rings. The topological polar surface area (TPSA) is 619 Å². The van der Waals surface area contributed by atoms with E-state index in [1.807, 2.05) is 59.0 Å². The van der Waals surface area contributed by atoms with Crippen LogP contribution in [0.15, 0.2) is 24.3 Å². The molecule has 12 amide bonds. The molecular formula is C96H152N18O27S5. The van der Waals surface area contributed by atoms with Gasteiger partial charge < -0.3 is 112 Å². The highest BCUT2D eigenvalue weighted by molar-refractivity contribution is 8.00. The Morgan fingerprint density at radius 3 is 1.12 bits per heavy atom. The number of nitrogens with zero attached hydrogens (tertiary/aromatic N) is 6. The number of ether oxygens (including phenoxy) is 6. The van der Waals surface area contributed by atoms with Gasteiger partial charge in [-0.05, 0) is 191 Å². The molecule has 146 heavy (non-hydrogen) atoms. The van der Waals surface area contributed by atoms with E-state index in [-0.39, 0.29) is 215 Å². The number of hydrogen-bond acceptors (Lipinski definition) is 31. The van der Waals surface area contributed by atoms with E-state index in [0.29, 0.717) is 222 Å². The predicted molar refractivity (Wildman–Crippen MR) is 551 cm³/mol. The van der Waals surface area contributed by atoms with Crippen molar-refractivity contribution in [1.29, 1.82) is 0 Å². The van der Waals surface area contributed by atoms with Gasteiger partial charge in [0.25, 0.3) is 42.2 Å². The van der Waals surface area contributed by atoms with Crippen LogP contribution in [-0.4, -0.2) is 317 Å². The first-order valence-corrected chi connectivity index (χ1v) is 58.9. The van der Waals surface area contributed by atoms with Crippen molar-refractivity contribution in [3.8, 4) is 34.5 Å². The van der Waals surface area contributed by atoms with Crippen molar-refractivity contribution >= 4 is 137 Å². The fraction of sp³-hybridized carbons (Fsp3) is 0.729. The molecule has 8 atom stereocenters. The minimum atomic E-state index is -4.36. The van der Waals surface area contributed by atoms with Crippen LogP contribution in [0.1, 0.15) is 266 Å². The molecule has 10 rings (SSSR count). The Morgan fingerprint density at radius 1 is 0.404 bits per heavy atom. The zero-order chi connectivity index (χ0) is 105. The Kier molecular flexibility index (Phi) is 49.3. The molecule has 1 aromatic heterocycles. The molecule has 0 aliphatic carbocycles. The number of carbonyl (C=O) groups excluding carboxylic acids is 10. The van der Waals surface area contributed by atoms with Gasteiger partial charge in [-0.25, -0.2) is 9.59 Å². The SMILES string of the molecule is CCCCOc1cc(C(=O)NCCCCC(NC(=O)CCCCCNC(=O)CCCCC2SCC3NC(=O)NC32)C(=O)NC2CCN(c3nc(N4CCC(NC(=O)C(CCCCNC(=O)c5cc(OCCC)c(OCCC)c(OCCCS(=O)(=O)O)c5)NC(=O)CCCCCNC(=O)CCCCC5SCC6NC(=O)NC65)CC4)nc(N4CCC(C(=O)O)CC4)n3)CC2)cc(OCCCS(=O)(=O)O)c1OCCCS(=O)(=O)O. The van der Waals surface area contributed by atoms with Crippen molar-refractivity contribution in [1.82, 2.24) is 78.8 Å². The fourth-order valence-corrected chi connectivity index (χ4v) is 22.8. The molecule has 50 heteroatoms. The molecule has 7 fully saturated rings. The average Bonchev–Trinajstić information content (AvgIpc) is 0.938. The van der Waals surface area contributed by atoms with Crippen LogP contribution in [0, 0.1) is 5.92 Å². The number of hydrogen-bond donors (Lipinski definition) is 16. The first-order valence-electron chi connectivity index (χ1n) is 52.0. The van der Waals surface area contributed by atoms with E-state index in [2.05, 4.69) is 63.8 Å². The van der Waals surface area contributed by atoms with Crippen LogP contribution in [0.2, 0.25) is 0 Å². The zero-order valence-electron chi connectivity index (χ0n) is 84.2. The van der Waals surface area contributed by atoms with Crippen LogP contribution in [0.25, 0.3) is 0 Å². The maximum atomic E-state index is 14.7. The van der Waals surface area contributed by atoms with E-state index >= 15 is 0 Å². The number of carboxylic acids is 1. The third-order valence-corrected chi connectivity index (χ3v) is 31.7. The number of anilines is 3. The number of fused-ring (bicyclic) bond motifs is 2. The molecular weight excluding hydrogens is 2000 g/mol. The lowest BCUT2D eigenvalue weighted by Crippen LogP contribution is -2.52. The standard InChI is InChI=1S/C96H152N18O27S5/c1-4-7-51-137-75-60-66(61-76(139-53-23-56-145(130,131)132)86(75)141-54-24-57-146(133,134)135)88(120)100-42-21-17-26-70(104-82(118)32-11-9-19-40-98-80(116)30-15-13-28-78-84-72(63-143-78)106-96(126)108-84)90(122)102-68-37-47-114(48-38-68)94-110-92(112-43-33-64(34-44-112)91(123)124)109-93(111-94)113-45-35-67(36-46-113)101-89(121)69(103-81(117)31-10-8-18-39-97-79(115)29-14-12-27-77-83-71(62-142-77)105-95(125)107-83)25-16-20-41-99-87(119)65-58-73(136-49-5-2)85(140-50-6-3)74(59-65)138-52-22-55-144(127,128)129/h58-61,64,67-72,77-78,83-84H,4-57,62-63H2,1-3H3,(H,97,115)(H,98,116)(H,99,119)(H,100,120)(H,101,121)(H,102,122)(H,103,117)(H,104,118)(H,123,124)(H2,105,107,125)(H2,106,108,126)(H,127,128,129)(H,130,131,132)(H,133,134,135). The molecule has 0 bridgehead atoms. The molecule has 0 saturated carbocycles. The Bertz CT molecular complexity index is 5100. The molecule has 0 spiro atoms. The third-order valence-electron chi connectivity index (χ3n) is 26.3. The smallest absolute Gasteiger partial charge is 0.315 e. The number of carbonyl (C=O) groups is 11. The molecule has 45 nitrogen and oxygen atoms in total. The van der Waals surface area contributed by atoms with Crippen molar-refractivity contribution < 1.29 is 125 Å². The summed E-state index contributed by atoms with van der Waals surface area (Å²) in [7, 11) is -13.0. The molecule has 818 valence electrons. The highest BCUT2D eigenvalue weighted by Gasteiger charge is 2.45. The maximum absolute atomic E-state index is 14.7. The lowest BCUT2D eigenvalue weighted by Gasteiger charge is -2.36. The maximum Gasteiger partial charge on any atom is 0.315 e. The second-order valence-electron chi connectivity index (χ2n) is 38.1. The number of amides is 12. The van der Waals surface area contributed by atoms with E-state index < -0.39 is 95.2 Å². The number of carboxylic acid groups (broad SMARTS) is 1. The number of aliphatic carboxylic acids is 1. The highest BCUT2D eigenvalue weighted by atomic mass is 32.2. The van der Waals surface area contributed by atoms with Crippen LogP contribution in [0.3, 0.4) is 0 Å². The summed E-state index contributed by atoms with van der Waals surface area (Å²) >= 11 is 3.67. The van der Waals surface area contributed by atoms with Gasteiger partial charge in [-0.1, -0.05) is 52.9 Å². The summed E-state index contributed by atoms with van der Waals surface area (Å²) in [4.78, 5) is 168. The second-order valence-corrected chi connectivity index (χ2v) is 45.4. The van der Waals surface area contributed by atoms with Crippen molar-refractivity contribution in [3.05, 3.63) is 35.4 Å². The third kappa shape index (κ3) is 41.4. The fourth-order valence-electron chi connectivity index (χ4n) is 18.3. The Labute approximate surface area is 864 Å². The van der Waals surface area contributed by atoms with Crippen molar-refractivity contribution in [2.75, 3.05) is 149 Å². The van der Waals surface area contributed by atoms with Gasteiger partial charge in [-0.15, -0.1) is 0 Å². The molecule has 8 heterocycles. The highest BCUT2D eigenvalue weighted by Crippen LogP contribution is 2.43. The summed E-state index contributed by atoms with van der Waals surface area (Å²) in [5.74, 6) is -2.44. The molecule has 7 aliphatic rings. The van der Waals surface area contributed by atoms with E-state index in [4.69, 9.17) is 43.4 Å². The van der Waals surface area contributed by atoms with Gasteiger partial charge in [-0.2, -0.15) is 63.7 Å². The molecule has 7 aliphatic heterocycles. The largest absolute Gasteiger partial charge is 0.490 e. The molecule has 8 unspecified atom stereocenters. The predicted octanol–water partition coefficient (Wildman–Crippen LogP) is 7.04. The summed E-state index contributed by atoms with van der Waals surface area (Å²) in [6.07, 6.45) is 15.9. The zero-order valence-corrected chi connectivity index (χ0v) is 88.2. The van der Waals surface area contributed by atoms with E-state index in [1.54, 1.807) is 6.07 Å². The minimum Gasteiger partial charge on any atom is -0.490 e. The normalized spacial score (nSPS) is 19.0. The first-order chi connectivity index (χ1) is 70.1. The van der Waals surface area contributed by atoms with Crippen molar-refractivity contribution in [2.45, 2.75) is 304 Å². The summed E-state index contributed by atoms with van der Waals surface area (Å²) in [6.45, 7) is 9.30. The number of piperidine rings is 3. The Morgan fingerprint density at radius 2 is 0.740 bits per heavy atom. The summed E-state index contributed by atoms with van der Waals surface area (Å²) < 4.78 is 133. The van der Waals surface area contributed by atoms with Crippen molar-refractivity contribution in [2.24, 2.45) is 5.92 Å². The lowest BCUT2D eigenvalue weighted by molar-refractivity contribution is -0.142. The monoisotopic (exact) mass is 2150 g/mol. The van der Waals surface area contributed by atoms with Crippen LogP contribution < -0.4 is 107 Å². The Balaban J connectivity index is 0.758. The quantitative estimate of drug-likeness (QED) is 0.0153. The van der Waals surface area contributed by atoms with Crippen LogP contribution in [-0.2, 0) is 63.9 Å². The van der Waals surface area contributed by atoms with Crippen LogP contribution >= 0.6 is 23.5 Å². The van der Waals surface area contributed by atoms with E-state index in [1.165, 1.54) is 18.2 Å². The number of urea groups is 2. The van der Waals surface area contributed by atoms with Gasteiger partial charge in [0.1, 0.15) is 12.1 Å². The molecule has 2 aromatic carbocycles. The van der Waals surface area contributed by atoms with Gasteiger partial charge in [0, 0.05) is 136 Å². The number of benzene rings is 2. The summed E-state index contributed by atoms with van der Waals surface area (Å²) in [6, 6.07) is 3.30. The number of aromatic nitrogens is 3. The number of nitrogens with one attached hydrogen (secondary N) is 12. The summed E-state index contributed by atoms with van der Waals surface area (Å²) in [5.41, 5.74) is 0.229.